The third-order valence-electron chi connectivity index (χ3n) is 13.0. The van der Waals surface area contributed by atoms with Gasteiger partial charge in [-0.3, -0.25) is 19.2 Å². The number of carboxylic acids is 2. The number of esters is 2. The van der Waals surface area contributed by atoms with Crippen LogP contribution in [0.3, 0.4) is 0 Å². The Balaban J connectivity index is 1.22. The van der Waals surface area contributed by atoms with E-state index in [0.29, 0.717) is 61.5 Å². The van der Waals surface area contributed by atoms with E-state index < -0.39 is 83.4 Å². The van der Waals surface area contributed by atoms with E-state index in [9.17, 15) is 29.4 Å². The molecule has 7 rings (SSSR count). The van der Waals surface area contributed by atoms with Crippen LogP contribution in [-0.4, -0.2) is 81.0 Å². The van der Waals surface area contributed by atoms with Gasteiger partial charge in [0.1, 0.15) is 23.0 Å². The Morgan fingerprint density at radius 3 is 1.12 bits per heavy atom. The molecule has 14 nitrogen and oxygen atoms in total. The summed E-state index contributed by atoms with van der Waals surface area (Å²) in [5, 5.41) is 20.4. The summed E-state index contributed by atoms with van der Waals surface area (Å²) in [5.41, 5.74) is 1.45. The Morgan fingerprint density at radius 2 is 0.833 bits per heavy atom. The van der Waals surface area contributed by atoms with Gasteiger partial charge in [0.05, 0.1) is 23.7 Å². The Bertz CT molecular complexity index is 2130. The van der Waals surface area contributed by atoms with Crippen LogP contribution >= 0.6 is 0 Å². The van der Waals surface area contributed by atoms with Gasteiger partial charge in [0.15, 0.2) is 0 Å². The van der Waals surface area contributed by atoms with Gasteiger partial charge in [-0.25, -0.2) is 9.59 Å². The number of hydrogen-bond acceptors (Lipinski definition) is 10. The van der Waals surface area contributed by atoms with Crippen LogP contribution in [0, 0.1) is 35.5 Å². The molecule has 14 heteroatoms. The van der Waals surface area contributed by atoms with Gasteiger partial charge in [-0.1, -0.05) is 87.4 Å². The second kappa shape index (κ2) is 22.0. The van der Waals surface area contributed by atoms with Gasteiger partial charge >= 0.3 is 23.9 Å². The molecule has 0 heterocycles. The van der Waals surface area contributed by atoms with E-state index >= 15 is 9.59 Å². The van der Waals surface area contributed by atoms with E-state index in [0.717, 1.165) is 24.0 Å². The lowest BCUT2D eigenvalue weighted by Crippen LogP contribution is -2.65. The molecular formula is C52H58N2O12. The van der Waals surface area contributed by atoms with Crippen molar-refractivity contribution < 1.29 is 57.9 Å². The second-order valence-electron chi connectivity index (χ2n) is 17.5. The van der Waals surface area contributed by atoms with Crippen LogP contribution in [-0.2, 0) is 51.3 Å². The van der Waals surface area contributed by atoms with Crippen molar-refractivity contribution in [1.82, 2.24) is 9.80 Å². The Hall–Kier alpha value is -6.70. The van der Waals surface area contributed by atoms with Gasteiger partial charge in [-0.2, -0.15) is 0 Å². The van der Waals surface area contributed by atoms with Gasteiger partial charge in [0.2, 0.25) is 24.0 Å². The predicted octanol–water partition coefficient (Wildman–Crippen LogP) is 8.52. The topological polar surface area (TPSA) is 186 Å². The third kappa shape index (κ3) is 11.2. The molecule has 0 radical (unpaired) electrons. The Kier molecular flexibility index (Phi) is 15.7. The molecule has 3 aliphatic rings. The van der Waals surface area contributed by atoms with E-state index in [4.69, 9.17) is 18.9 Å². The lowest BCUT2D eigenvalue weighted by molar-refractivity contribution is -0.203. The van der Waals surface area contributed by atoms with E-state index in [1.165, 1.54) is 9.80 Å². The van der Waals surface area contributed by atoms with Gasteiger partial charge < -0.3 is 39.0 Å². The summed E-state index contributed by atoms with van der Waals surface area (Å²) in [6.45, 7) is 4.35. The zero-order valence-electron chi connectivity index (χ0n) is 37.4. The molecule has 0 aromatic heterocycles. The first kappa shape index (κ1) is 47.3. The minimum atomic E-state index is -1.64. The fraction of sp³-hybridized carbons (Fsp3) is 0.423. The van der Waals surface area contributed by atoms with Crippen molar-refractivity contribution in [1.29, 1.82) is 0 Å². The molecule has 2 amide bonds. The monoisotopic (exact) mass is 902 g/mol. The number of benzene rings is 4. The molecule has 3 fully saturated rings. The number of rotatable bonds is 22. The Labute approximate surface area is 384 Å². The molecule has 0 bridgehead atoms. The summed E-state index contributed by atoms with van der Waals surface area (Å²) in [7, 11) is 0. The third-order valence-corrected chi connectivity index (χ3v) is 13.0. The van der Waals surface area contributed by atoms with Crippen LogP contribution in [0.5, 0.6) is 23.0 Å². The van der Waals surface area contributed by atoms with Crippen molar-refractivity contribution in [3.05, 3.63) is 120 Å². The first-order valence-electron chi connectivity index (χ1n) is 23.0. The van der Waals surface area contributed by atoms with Crippen LogP contribution in [0.2, 0.25) is 0 Å². The maximum atomic E-state index is 15.2. The molecule has 348 valence electrons. The summed E-state index contributed by atoms with van der Waals surface area (Å²) in [6, 6.07) is 32.9. The molecule has 4 aromatic rings. The molecule has 4 aromatic carbocycles. The molecule has 3 aliphatic carbocycles. The van der Waals surface area contributed by atoms with Gasteiger partial charge in [0, 0.05) is 38.0 Å². The molecule has 0 saturated heterocycles. The lowest BCUT2D eigenvalue weighted by atomic mass is 9.55. The van der Waals surface area contributed by atoms with E-state index in [1.54, 1.807) is 24.3 Å². The summed E-state index contributed by atoms with van der Waals surface area (Å²) < 4.78 is 23.4. The molecule has 6 atom stereocenters. The van der Waals surface area contributed by atoms with Crippen molar-refractivity contribution in [3.8, 4) is 23.0 Å². The molecule has 2 N–H and O–H groups in total. The van der Waals surface area contributed by atoms with Gasteiger partial charge in [-0.15, -0.1) is 0 Å². The fourth-order valence-electron chi connectivity index (χ4n) is 9.05. The number of carbonyl (C=O) groups is 6. The lowest BCUT2D eigenvalue weighted by Gasteiger charge is -2.50. The average molecular weight is 903 g/mol. The normalized spacial score (nSPS) is 19.9. The van der Waals surface area contributed by atoms with E-state index in [1.807, 2.05) is 98.8 Å². The highest BCUT2D eigenvalue weighted by Crippen LogP contribution is 2.51. The van der Waals surface area contributed by atoms with Crippen LogP contribution in [0.25, 0.3) is 0 Å². The number of amides is 2. The summed E-state index contributed by atoms with van der Waals surface area (Å²) in [5.74, 6) is -10.9. The maximum absolute atomic E-state index is 15.2. The summed E-state index contributed by atoms with van der Waals surface area (Å²) >= 11 is 0. The molecule has 6 unspecified atom stereocenters. The van der Waals surface area contributed by atoms with Gasteiger partial charge in [-0.05, 0) is 98.2 Å². The molecule has 0 aliphatic heterocycles. The zero-order valence-corrected chi connectivity index (χ0v) is 37.4. The van der Waals surface area contributed by atoms with Crippen LogP contribution in [0.4, 0.5) is 0 Å². The molecule has 66 heavy (non-hydrogen) atoms. The average Bonchev–Trinajstić information content (AvgIpc) is 3.26. The van der Waals surface area contributed by atoms with Crippen LogP contribution in [0.15, 0.2) is 109 Å². The Morgan fingerprint density at radius 1 is 0.500 bits per heavy atom. The van der Waals surface area contributed by atoms with Crippen LogP contribution < -0.4 is 9.47 Å². The number of ether oxygens (including phenoxy) is 4. The minimum Gasteiger partial charge on any atom is -0.478 e. The zero-order chi connectivity index (χ0) is 46.7. The quantitative estimate of drug-likeness (QED) is 0.0718. The minimum absolute atomic E-state index is 0.0747. The standard InChI is InChI=1S/C52H58N2O12/c1-3-29-53(31-33-21-25-39(26-22-33)63-37-17-7-5-8-18-37)47(55)41-42(48(56)54(30-4-2)32-34-23-27-40(28-24-34)64-38-19-9-6-10-20-38)44(52(62)66-46(50(59)60)36-15-12-16-36)43(41)51(61)65-45(49(57)58)35-13-11-14-35/h5-10,17-28,35-36,41-46H,3-4,11-16,29-32H2,1-2H3,(H,57,58)(H,59,60). The van der Waals surface area contributed by atoms with Crippen molar-refractivity contribution in [2.24, 2.45) is 35.5 Å². The second-order valence-corrected chi connectivity index (χ2v) is 17.5. The number of para-hydroxylation sites is 2. The summed E-state index contributed by atoms with van der Waals surface area (Å²) in [4.78, 5) is 87.6. The predicted molar refractivity (Wildman–Crippen MR) is 241 cm³/mol. The summed E-state index contributed by atoms with van der Waals surface area (Å²) in [6.07, 6.45) is 1.47. The first-order chi connectivity index (χ1) is 31.9. The molecule has 0 spiro atoms. The fourth-order valence-corrected chi connectivity index (χ4v) is 9.05. The highest BCUT2D eigenvalue weighted by molar-refractivity contribution is 6.01. The SMILES string of the molecule is CCCN(Cc1ccc(Oc2ccccc2)cc1)C(=O)C1C(C(=O)OC(C(=O)O)C2CCC2)C(C(=O)OC(C(=O)O)C2CCC2)C1C(=O)N(CCC)Cc1ccc(Oc2ccccc2)cc1. The smallest absolute Gasteiger partial charge is 0.345 e. The first-order valence-corrected chi connectivity index (χ1v) is 23.0. The number of hydrogen-bond donors (Lipinski definition) is 2. The number of aliphatic carboxylic acids is 2. The van der Waals surface area contributed by atoms with E-state index in [2.05, 4.69) is 0 Å². The largest absolute Gasteiger partial charge is 0.478 e. The van der Waals surface area contributed by atoms with Crippen molar-refractivity contribution in [3.63, 3.8) is 0 Å². The van der Waals surface area contributed by atoms with Crippen molar-refractivity contribution in [2.75, 3.05) is 13.1 Å². The highest BCUT2D eigenvalue weighted by atomic mass is 16.6. The number of carboxylic acid groups (broad SMARTS) is 2. The molecular weight excluding hydrogens is 845 g/mol. The van der Waals surface area contributed by atoms with Gasteiger partial charge in [0.25, 0.3) is 0 Å². The van der Waals surface area contributed by atoms with Crippen molar-refractivity contribution in [2.45, 2.75) is 90.5 Å². The maximum Gasteiger partial charge on any atom is 0.345 e. The highest BCUT2D eigenvalue weighted by Gasteiger charge is 2.66. The number of nitrogens with zero attached hydrogens (tertiary/aromatic N) is 2. The van der Waals surface area contributed by atoms with E-state index in [-0.39, 0.29) is 26.2 Å². The van der Waals surface area contributed by atoms with Crippen LogP contribution in [0.1, 0.15) is 76.3 Å². The molecule has 3 saturated carbocycles. The van der Waals surface area contributed by atoms with Crippen molar-refractivity contribution >= 4 is 35.7 Å². The number of carbonyl (C=O) groups excluding carboxylic acids is 4.